The van der Waals surface area contributed by atoms with E-state index >= 15 is 0 Å². The van der Waals surface area contributed by atoms with Gasteiger partial charge in [-0.25, -0.2) is 15.0 Å². The van der Waals surface area contributed by atoms with Gasteiger partial charge in [-0.2, -0.15) is 0 Å². The number of aliphatic imine (C=N–C) groups is 2. The SMILES string of the molecule is Cc1cccc(C)c1N1C(=O)C(C)S/C1=N\C=N\c1ccc2c(ccc3c2ncn3-c2ccc(OC(F)(F)F)cc2)c1. The van der Waals surface area contributed by atoms with Crippen molar-refractivity contribution < 1.29 is 22.7 Å². The van der Waals surface area contributed by atoms with Gasteiger partial charge in [0, 0.05) is 11.1 Å². The van der Waals surface area contributed by atoms with E-state index in [-0.39, 0.29) is 16.9 Å². The van der Waals surface area contributed by atoms with E-state index in [4.69, 9.17) is 0 Å². The van der Waals surface area contributed by atoms with Crippen molar-refractivity contribution in [2.24, 2.45) is 9.98 Å². The highest BCUT2D eigenvalue weighted by atomic mass is 32.2. The van der Waals surface area contributed by atoms with Crippen LogP contribution in [-0.4, -0.2) is 38.6 Å². The molecule has 1 aliphatic rings. The summed E-state index contributed by atoms with van der Waals surface area (Å²) in [6.07, 6.45) is -1.64. The minimum absolute atomic E-state index is 0.00991. The summed E-state index contributed by atoms with van der Waals surface area (Å²) in [6.45, 7) is 5.83. The van der Waals surface area contributed by atoms with Crippen molar-refractivity contribution in [1.82, 2.24) is 9.55 Å². The van der Waals surface area contributed by atoms with Gasteiger partial charge in [0.25, 0.3) is 0 Å². The number of fused-ring (bicyclic) bond motifs is 3. The fourth-order valence-electron chi connectivity index (χ4n) is 5.03. The average Bonchev–Trinajstić information content (AvgIpc) is 3.49. The maximum absolute atomic E-state index is 13.0. The molecule has 5 aromatic rings. The highest BCUT2D eigenvalue weighted by molar-refractivity contribution is 8.16. The summed E-state index contributed by atoms with van der Waals surface area (Å²) >= 11 is 1.40. The predicted molar refractivity (Wildman–Crippen MR) is 161 cm³/mol. The van der Waals surface area contributed by atoms with Crippen molar-refractivity contribution in [3.8, 4) is 11.4 Å². The summed E-state index contributed by atoms with van der Waals surface area (Å²) in [6, 6.07) is 21.1. The van der Waals surface area contributed by atoms with E-state index in [9.17, 15) is 18.0 Å². The topological polar surface area (TPSA) is 72.1 Å². The lowest BCUT2D eigenvalue weighted by Crippen LogP contribution is -2.32. The molecular weight excluding hydrogens is 563 g/mol. The number of thioether (sulfide) groups is 1. The molecule has 42 heavy (non-hydrogen) atoms. The lowest BCUT2D eigenvalue weighted by Gasteiger charge is -2.20. The summed E-state index contributed by atoms with van der Waals surface area (Å²) in [7, 11) is 0. The third kappa shape index (κ3) is 5.23. The minimum atomic E-state index is -4.74. The van der Waals surface area contributed by atoms with E-state index in [1.54, 1.807) is 27.9 Å². The van der Waals surface area contributed by atoms with Crippen LogP contribution in [-0.2, 0) is 4.79 Å². The zero-order valence-corrected chi connectivity index (χ0v) is 23.6. The van der Waals surface area contributed by atoms with Crippen molar-refractivity contribution in [2.45, 2.75) is 32.4 Å². The Labute approximate surface area is 243 Å². The first kappa shape index (κ1) is 27.5. The monoisotopic (exact) mass is 587 g/mol. The summed E-state index contributed by atoms with van der Waals surface area (Å²) in [5.41, 5.74) is 5.74. The lowest BCUT2D eigenvalue weighted by molar-refractivity contribution is -0.274. The van der Waals surface area contributed by atoms with E-state index in [1.165, 1.54) is 30.2 Å². The Hall–Kier alpha value is -4.64. The molecule has 1 saturated heterocycles. The third-order valence-electron chi connectivity index (χ3n) is 6.94. The number of anilines is 1. The van der Waals surface area contributed by atoms with Crippen molar-refractivity contribution in [2.75, 3.05) is 4.90 Å². The molecule has 1 unspecified atom stereocenters. The van der Waals surface area contributed by atoms with Gasteiger partial charge >= 0.3 is 6.36 Å². The second-order valence-corrected chi connectivity index (χ2v) is 11.1. The number of hydrogen-bond donors (Lipinski definition) is 0. The highest BCUT2D eigenvalue weighted by Gasteiger charge is 2.37. The molecule has 0 aliphatic carbocycles. The second kappa shape index (κ2) is 10.6. The van der Waals surface area contributed by atoms with Crippen LogP contribution in [0.4, 0.5) is 24.5 Å². The van der Waals surface area contributed by atoms with Crippen LogP contribution in [0, 0.1) is 13.8 Å². The first-order chi connectivity index (χ1) is 20.1. The first-order valence-electron chi connectivity index (χ1n) is 13.0. The number of imidazole rings is 1. The molecule has 1 atom stereocenters. The quantitative estimate of drug-likeness (QED) is 0.155. The van der Waals surface area contributed by atoms with Gasteiger partial charge in [0.2, 0.25) is 5.91 Å². The van der Waals surface area contributed by atoms with Gasteiger partial charge in [0.1, 0.15) is 18.4 Å². The van der Waals surface area contributed by atoms with Crippen molar-refractivity contribution in [3.63, 3.8) is 0 Å². The number of rotatable bonds is 5. The number of aromatic nitrogens is 2. The molecule has 212 valence electrons. The number of amidine groups is 1. The van der Waals surface area contributed by atoms with Crippen molar-refractivity contribution in [3.05, 3.63) is 90.3 Å². The molecule has 4 aromatic carbocycles. The zero-order chi connectivity index (χ0) is 29.6. The zero-order valence-electron chi connectivity index (χ0n) is 22.8. The number of halogens is 3. The fourth-order valence-corrected chi connectivity index (χ4v) is 5.94. The van der Waals surface area contributed by atoms with E-state index in [0.29, 0.717) is 16.5 Å². The molecule has 1 amide bonds. The van der Waals surface area contributed by atoms with E-state index in [2.05, 4.69) is 19.7 Å². The number of benzene rings is 4. The highest BCUT2D eigenvalue weighted by Crippen LogP contribution is 2.36. The van der Waals surface area contributed by atoms with Gasteiger partial charge < -0.3 is 4.74 Å². The Balaban J connectivity index is 1.27. The van der Waals surface area contributed by atoms with Gasteiger partial charge in [-0.1, -0.05) is 36.0 Å². The summed E-state index contributed by atoms with van der Waals surface area (Å²) in [4.78, 5) is 28.3. The van der Waals surface area contributed by atoms with Gasteiger partial charge in [0.05, 0.1) is 27.7 Å². The molecule has 0 spiro atoms. The molecular formula is C31H24F3N5O2S. The number of nitrogens with zero attached hydrogens (tertiary/aromatic N) is 5. The molecule has 0 bridgehead atoms. The maximum Gasteiger partial charge on any atom is 0.573 e. The maximum atomic E-state index is 13.0. The van der Waals surface area contributed by atoms with Crippen LogP contribution in [0.1, 0.15) is 18.1 Å². The van der Waals surface area contributed by atoms with Gasteiger partial charge in [0.15, 0.2) is 5.17 Å². The lowest BCUT2D eigenvalue weighted by atomic mass is 10.1. The Bertz CT molecular complexity index is 1880. The van der Waals surface area contributed by atoms with E-state index in [0.717, 1.165) is 38.6 Å². The number of amides is 1. The van der Waals surface area contributed by atoms with Crippen molar-refractivity contribution >= 4 is 62.4 Å². The Morgan fingerprint density at radius 1 is 1.00 bits per heavy atom. The summed E-state index contributed by atoms with van der Waals surface area (Å²) in [5.74, 6) is -0.297. The average molecular weight is 588 g/mol. The number of ether oxygens (including phenoxy) is 1. The predicted octanol–water partition coefficient (Wildman–Crippen LogP) is 7.88. The number of carbonyl (C=O) groups is 1. The molecule has 0 radical (unpaired) electrons. The molecule has 7 nitrogen and oxygen atoms in total. The molecule has 2 heterocycles. The first-order valence-corrected chi connectivity index (χ1v) is 13.9. The van der Waals surface area contributed by atoms with Crippen LogP contribution in [0.2, 0.25) is 0 Å². The number of hydrogen-bond acceptors (Lipinski definition) is 5. The summed E-state index contributed by atoms with van der Waals surface area (Å²) < 4.78 is 43.3. The second-order valence-electron chi connectivity index (χ2n) is 9.83. The molecule has 6 rings (SSSR count). The molecule has 1 aliphatic heterocycles. The molecule has 1 fully saturated rings. The molecule has 11 heteroatoms. The van der Waals surface area contributed by atoms with Crippen molar-refractivity contribution in [1.29, 1.82) is 0 Å². The van der Waals surface area contributed by atoms with E-state index in [1.807, 2.05) is 69.3 Å². The Morgan fingerprint density at radius 2 is 1.74 bits per heavy atom. The van der Waals surface area contributed by atoms with Crippen LogP contribution in [0.25, 0.3) is 27.5 Å². The molecule has 0 saturated carbocycles. The number of alkyl halides is 3. The standard InChI is InChI=1S/C31H24F3N5O2S/c1-18-5-4-6-19(2)28(18)39-29(40)20(3)42-30(39)36-16-35-22-8-13-25-21(15-22)7-14-26-27(25)37-17-38(26)23-9-11-24(12-10-23)41-31(32,33)34/h4-17,20H,1-3H3/b35-16+,36-30-. The minimum Gasteiger partial charge on any atom is -0.406 e. The number of carbonyl (C=O) groups excluding carboxylic acids is 1. The number of aryl methyl sites for hydroxylation is 2. The third-order valence-corrected chi connectivity index (χ3v) is 8.00. The normalized spacial score (nSPS) is 16.9. The molecule has 0 N–H and O–H groups in total. The Morgan fingerprint density at radius 3 is 2.45 bits per heavy atom. The van der Waals surface area contributed by atoms with E-state index < -0.39 is 6.36 Å². The van der Waals surface area contributed by atoms with Gasteiger partial charge in [-0.15, -0.1) is 13.2 Å². The van der Waals surface area contributed by atoms with Crippen LogP contribution in [0.3, 0.4) is 0 Å². The van der Waals surface area contributed by atoms with Crippen LogP contribution in [0.15, 0.2) is 89.1 Å². The van der Waals surface area contributed by atoms with Gasteiger partial charge in [-0.05, 0) is 85.8 Å². The fraction of sp³-hybridized carbons (Fsp3) is 0.161. The largest absolute Gasteiger partial charge is 0.573 e. The van der Waals surface area contributed by atoms with Crippen LogP contribution >= 0.6 is 11.8 Å². The summed E-state index contributed by atoms with van der Waals surface area (Å²) in [5, 5.41) is 2.16. The van der Waals surface area contributed by atoms with Gasteiger partial charge in [-0.3, -0.25) is 14.3 Å². The van der Waals surface area contributed by atoms with Crippen LogP contribution < -0.4 is 9.64 Å². The molecule has 1 aromatic heterocycles. The Kier molecular flexibility index (Phi) is 6.97. The smallest absolute Gasteiger partial charge is 0.406 e. The van der Waals surface area contributed by atoms with Crippen LogP contribution in [0.5, 0.6) is 5.75 Å². The number of para-hydroxylation sites is 1.